The Kier molecular flexibility index (Phi) is 7.71. The summed E-state index contributed by atoms with van der Waals surface area (Å²) in [6, 6.07) is 9.10. The van der Waals surface area contributed by atoms with Crippen molar-refractivity contribution >= 4 is 0 Å². The normalized spacial score (nSPS) is 22.8. The van der Waals surface area contributed by atoms with Crippen LogP contribution in [0.3, 0.4) is 0 Å². The first kappa shape index (κ1) is 22.3. The number of rotatable bonds is 9. The largest absolute Gasteiger partial charge is 0.497 e. The quantitative estimate of drug-likeness (QED) is 0.436. The van der Waals surface area contributed by atoms with Crippen LogP contribution < -0.4 is 4.74 Å². The van der Waals surface area contributed by atoms with Crippen molar-refractivity contribution in [1.29, 1.82) is 0 Å². The summed E-state index contributed by atoms with van der Waals surface area (Å²) in [7, 11) is 3.47. The summed E-state index contributed by atoms with van der Waals surface area (Å²) in [4.78, 5) is 2.64. The Hall–Kier alpha value is -2.94. The number of benzene rings is 1. The maximum atomic E-state index is 5.43. The molecule has 3 aliphatic rings. The molecule has 0 N–H and O–H groups in total. The third-order valence-electron chi connectivity index (χ3n) is 6.80. The van der Waals surface area contributed by atoms with E-state index in [9.17, 15) is 0 Å². The van der Waals surface area contributed by atoms with Gasteiger partial charge in [-0.15, -0.1) is 0 Å². The Balaban J connectivity index is 1.55. The average Bonchev–Trinajstić information content (AvgIpc) is 2.88. The van der Waals surface area contributed by atoms with Gasteiger partial charge in [0.2, 0.25) is 0 Å². The molecule has 0 fully saturated rings. The summed E-state index contributed by atoms with van der Waals surface area (Å²) in [5, 5.41) is 0. The van der Waals surface area contributed by atoms with Crippen molar-refractivity contribution in [3.05, 3.63) is 102 Å². The zero-order valence-corrected chi connectivity index (χ0v) is 19.3. The van der Waals surface area contributed by atoms with Crippen molar-refractivity contribution in [3.8, 4) is 5.75 Å². The molecule has 32 heavy (non-hydrogen) atoms. The van der Waals surface area contributed by atoms with Crippen molar-refractivity contribution in [1.82, 2.24) is 4.90 Å². The topological polar surface area (TPSA) is 21.7 Å². The van der Waals surface area contributed by atoms with Crippen molar-refractivity contribution in [2.45, 2.75) is 44.1 Å². The Labute approximate surface area is 193 Å². The van der Waals surface area contributed by atoms with Crippen molar-refractivity contribution in [2.75, 3.05) is 20.8 Å². The summed E-state index contributed by atoms with van der Waals surface area (Å²) in [5.74, 6) is 2.78. The van der Waals surface area contributed by atoms with Crippen molar-refractivity contribution < 1.29 is 9.47 Å². The first-order chi connectivity index (χ1) is 15.8. The first-order valence-electron chi connectivity index (χ1n) is 11.8. The van der Waals surface area contributed by atoms with Gasteiger partial charge in [-0.25, -0.2) is 0 Å². The van der Waals surface area contributed by atoms with Crippen LogP contribution in [0.15, 0.2) is 96.5 Å². The highest BCUT2D eigenvalue weighted by Gasteiger charge is 2.26. The molecule has 0 amide bonds. The molecule has 0 aromatic heterocycles. The minimum atomic E-state index is 0.441. The van der Waals surface area contributed by atoms with Crippen LogP contribution in [-0.2, 0) is 4.74 Å². The SMILES string of the molecule is COC1=CCC(C(CCN(C2=CC=CCC2)C2C=CC=CC2)c2ccc(OC)cc2)C=C1. The Morgan fingerprint density at radius 3 is 2.47 bits per heavy atom. The molecule has 3 atom stereocenters. The van der Waals surface area contributed by atoms with Gasteiger partial charge in [-0.3, -0.25) is 0 Å². The van der Waals surface area contributed by atoms with Gasteiger partial charge in [-0.1, -0.05) is 54.7 Å². The molecule has 0 saturated heterocycles. The van der Waals surface area contributed by atoms with Crippen molar-refractivity contribution in [3.63, 3.8) is 0 Å². The van der Waals surface area contributed by atoms with E-state index >= 15 is 0 Å². The second kappa shape index (κ2) is 11.1. The molecule has 1 aromatic carbocycles. The molecule has 3 heteroatoms. The van der Waals surface area contributed by atoms with Crippen LogP contribution in [0.1, 0.15) is 43.6 Å². The smallest absolute Gasteiger partial charge is 0.118 e. The molecular weight excluding hydrogens is 394 g/mol. The van der Waals surface area contributed by atoms with E-state index < -0.39 is 0 Å². The zero-order valence-electron chi connectivity index (χ0n) is 19.3. The van der Waals surface area contributed by atoms with Crippen LogP contribution in [0.2, 0.25) is 0 Å². The molecule has 0 spiro atoms. The Morgan fingerprint density at radius 1 is 0.969 bits per heavy atom. The number of allylic oxidation sites excluding steroid dienone is 9. The van der Waals surface area contributed by atoms with E-state index in [4.69, 9.17) is 9.47 Å². The van der Waals surface area contributed by atoms with Gasteiger partial charge in [0.25, 0.3) is 0 Å². The van der Waals surface area contributed by atoms with Gasteiger partial charge < -0.3 is 14.4 Å². The van der Waals surface area contributed by atoms with E-state index in [1.807, 2.05) is 0 Å². The molecule has 3 nitrogen and oxygen atoms in total. The zero-order chi connectivity index (χ0) is 22.2. The number of nitrogens with zero attached hydrogens (tertiary/aromatic N) is 1. The van der Waals surface area contributed by atoms with Gasteiger partial charge in [0.15, 0.2) is 0 Å². The molecule has 168 valence electrons. The predicted octanol–water partition coefficient (Wildman–Crippen LogP) is 6.70. The fraction of sp³-hybridized carbons (Fsp3) is 0.379. The maximum Gasteiger partial charge on any atom is 0.118 e. The van der Waals surface area contributed by atoms with E-state index in [-0.39, 0.29) is 0 Å². The number of hydrogen-bond donors (Lipinski definition) is 0. The lowest BCUT2D eigenvalue weighted by molar-refractivity contribution is 0.259. The Bertz CT molecular complexity index is 932. The van der Waals surface area contributed by atoms with Gasteiger partial charge >= 0.3 is 0 Å². The molecule has 3 unspecified atom stereocenters. The number of ether oxygens (including phenoxy) is 2. The summed E-state index contributed by atoms with van der Waals surface area (Å²) in [6.45, 7) is 1.05. The molecule has 0 heterocycles. The summed E-state index contributed by atoms with van der Waals surface area (Å²) >= 11 is 0. The van der Waals surface area contributed by atoms with E-state index in [1.54, 1.807) is 14.2 Å². The van der Waals surface area contributed by atoms with Crippen LogP contribution in [0.4, 0.5) is 0 Å². The van der Waals surface area contributed by atoms with Gasteiger partial charge in [0.05, 0.1) is 20.3 Å². The highest BCUT2D eigenvalue weighted by atomic mass is 16.5. The highest BCUT2D eigenvalue weighted by Crippen LogP contribution is 2.36. The van der Waals surface area contributed by atoms with Crippen LogP contribution in [-0.4, -0.2) is 31.7 Å². The summed E-state index contributed by atoms with van der Waals surface area (Å²) in [5.41, 5.74) is 2.85. The molecule has 0 bridgehead atoms. The predicted molar refractivity (Wildman–Crippen MR) is 133 cm³/mol. The lowest BCUT2D eigenvalue weighted by Gasteiger charge is -2.37. The molecular formula is C29H35NO2. The van der Waals surface area contributed by atoms with Gasteiger partial charge in [0, 0.05) is 12.2 Å². The number of methoxy groups -OCH3 is 2. The second-order valence-electron chi connectivity index (χ2n) is 8.67. The highest BCUT2D eigenvalue weighted by molar-refractivity contribution is 5.32. The minimum Gasteiger partial charge on any atom is -0.497 e. The first-order valence-corrected chi connectivity index (χ1v) is 11.8. The molecule has 0 saturated carbocycles. The van der Waals surface area contributed by atoms with Crippen LogP contribution in [0.5, 0.6) is 5.75 Å². The second-order valence-corrected chi connectivity index (χ2v) is 8.67. The molecule has 1 aromatic rings. The van der Waals surface area contributed by atoms with Crippen LogP contribution in [0.25, 0.3) is 0 Å². The molecule has 3 aliphatic carbocycles. The van der Waals surface area contributed by atoms with Gasteiger partial charge in [-0.2, -0.15) is 0 Å². The maximum absolute atomic E-state index is 5.43. The minimum absolute atomic E-state index is 0.441. The standard InChI is InChI=1S/C29H35NO2/c1-31-27-17-13-23(14-18-27)29(24-15-19-28(32-2)20-16-24)21-22-30(25-9-5-3-6-10-25)26-11-7-4-8-12-26/h3-7,9,11,13-15,17-20,24-25,29H,8,10,12,16,21-22H2,1-2H3. The number of hydrogen-bond acceptors (Lipinski definition) is 3. The third kappa shape index (κ3) is 5.45. The van der Waals surface area contributed by atoms with Crippen LogP contribution >= 0.6 is 0 Å². The lowest BCUT2D eigenvalue weighted by Crippen LogP contribution is -2.36. The molecule has 4 rings (SSSR count). The molecule has 0 radical (unpaired) electrons. The average molecular weight is 430 g/mol. The van der Waals surface area contributed by atoms with E-state index in [0.29, 0.717) is 17.9 Å². The van der Waals surface area contributed by atoms with Crippen molar-refractivity contribution in [2.24, 2.45) is 5.92 Å². The monoisotopic (exact) mass is 429 g/mol. The fourth-order valence-electron chi connectivity index (χ4n) is 4.97. The van der Waals surface area contributed by atoms with E-state index in [0.717, 1.165) is 50.2 Å². The molecule has 0 aliphatic heterocycles. The van der Waals surface area contributed by atoms with Crippen LogP contribution in [0, 0.1) is 5.92 Å². The fourth-order valence-corrected chi connectivity index (χ4v) is 4.97. The Morgan fingerprint density at radius 2 is 1.84 bits per heavy atom. The van der Waals surface area contributed by atoms with E-state index in [1.165, 1.54) is 11.3 Å². The van der Waals surface area contributed by atoms with Gasteiger partial charge in [0.1, 0.15) is 11.5 Å². The lowest BCUT2D eigenvalue weighted by atomic mass is 9.79. The summed E-state index contributed by atoms with van der Waals surface area (Å²) < 4.78 is 10.8. The van der Waals surface area contributed by atoms with E-state index in [2.05, 4.69) is 89.9 Å². The van der Waals surface area contributed by atoms with Gasteiger partial charge in [-0.05, 0) is 79.9 Å². The summed E-state index contributed by atoms with van der Waals surface area (Å²) in [6.07, 6.45) is 27.9. The third-order valence-corrected chi connectivity index (χ3v) is 6.80.